The lowest BCUT2D eigenvalue weighted by molar-refractivity contribution is 0.645. The van der Waals surface area contributed by atoms with Crippen molar-refractivity contribution in [1.82, 2.24) is 0 Å². The minimum Gasteiger partial charge on any atom is -0.398 e. The number of rotatable bonds is 3. The van der Waals surface area contributed by atoms with Crippen LogP contribution in [0.5, 0.6) is 0 Å². The highest BCUT2D eigenvalue weighted by molar-refractivity contribution is 7.67. The van der Waals surface area contributed by atoms with Crippen molar-refractivity contribution in [3.8, 4) is 11.1 Å². The summed E-state index contributed by atoms with van der Waals surface area (Å²) in [6, 6.07) is 25.4. The van der Waals surface area contributed by atoms with E-state index >= 15 is 0 Å². The van der Waals surface area contributed by atoms with Gasteiger partial charge in [0.15, 0.2) is 0 Å². The Hall–Kier alpha value is -2.15. The smallest absolute Gasteiger partial charge is 0.0883 e. The largest absolute Gasteiger partial charge is 0.398 e. The third-order valence-corrected chi connectivity index (χ3v) is 5.02. The molecule has 0 heterocycles. The summed E-state index contributed by atoms with van der Waals surface area (Å²) in [5.41, 5.74) is 8.77. The van der Waals surface area contributed by atoms with Crippen LogP contribution in [0.15, 0.2) is 78.9 Å². The van der Waals surface area contributed by atoms with Gasteiger partial charge in [0, 0.05) is 21.9 Å². The molecule has 0 fully saturated rings. The van der Waals surface area contributed by atoms with Crippen LogP contribution in [0.1, 0.15) is 0 Å². The van der Waals surface area contributed by atoms with Gasteiger partial charge in [-0.15, -0.1) is 0 Å². The highest BCUT2D eigenvalue weighted by Crippen LogP contribution is 2.35. The van der Waals surface area contributed by atoms with E-state index in [0.29, 0.717) is 0 Å². The summed E-state index contributed by atoms with van der Waals surface area (Å²) >= 11 is 0. The molecule has 0 aromatic heterocycles. The molecule has 0 aliphatic carbocycles. The van der Waals surface area contributed by atoms with E-state index in [2.05, 4.69) is 0 Å². The van der Waals surface area contributed by atoms with E-state index in [1.807, 2.05) is 78.9 Å². The third kappa shape index (κ3) is 2.82. The van der Waals surface area contributed by atoms with Gasteiger partial charge in [-0.1, -0.05) is 72.8 Å². The van der Waals surface area contributed by atoms with Gasteiger partial charge in [-0.2, -0.15) is 0 Å². The topological polar surface area (TPSA) is 46.2 Å². The van der Waals surface area contributed by atoms with Crippen LogP contribution in [0, 0.1) is 0 Å². The van der Waals surface area contributed by atoms with Gasteiger partial charge in [-0.3, -0.25) is 0 Å². The van der Waals surface area contributed by atoms with Crippen molar-refractivity contribution in [2.75, 3.05) is 5.73 Å². The van der Waals surface area contributed by atoms with E-state index in [1.165, 1.54) is 0 Å². The SMILES string of the molecule is Nc1ccccc1-c1ccccc1P(O)c1ccccc1. The molecule has 0 amide bonds. The van der Waals surface area contributed by atoms with E-state index in [-0.39, 0.29) is 0 Å². The monoisotopic (exact) mass is 293 g/mol. The molecular weight excluding hydrogens is 277 g/mol. The second kappa shape index (κ2) is 6.09. The lowest BCUT2D eigenvalue weighted by Gasteiger charge is -2.16. The lowest BCUT2D eigenvalue weighted by atomic mass is 10.0. The zero-order chi connectivity index (χ0) is 14.7. The molecule has 21 heavy (non-hydrogen) atoms. The number of nitrogen functional groups attached to an aromatic ring is 1. The van der Waals surface area contributed by atoms with Crippen LogP contribution in [0.25, 0.3) is 11.1 Å². The minimum absolute atomic E-state index is 0.724. The van der Waals surface area contributed by atoms with Crippen molar-refractivity contribution in [1.29, 1.82) is 0 Å². The molecule has 3 heteroatoms. The number of anilines is 1. The Morgan fingerprint density at radius 3 is 1.95 bits per heavy atom. The molecule has 1 unspecified atom stereocenters. The average Bonchev–Trinajstić information content (AvgIpc) is 2.55. The van der Waals surface area contributed by atoms with E-state index < -0.39 is 8.15 Å². The van der Waals surface area contributed by atoms with Gasteiger partial charge in [-0.25, -0.2) is 0 Å². The van der Waals surface area contributed by atoms with Gasteiger partial charge in [0.2, 0.25) is 0 Å². The van der Waals surface area contributed by atoms with E-state index in [9.17, 15) is 4.89 Å². The summed E-state index contributed by atoms with van der Waals surface area (Å²) in [7, 11) is -1.38. The Morgan fingerprint density at radius 2 is 1.24 bits per heavy atom. The van der Waals surface area contributed by atoms with Crippen LogP contribution in [0.2, 0.25) is 0 Å². The Morgan fingerprint density at radius 1 is 0.667 bits per heavy atom. The molecule has 1 atom stereocenters. The Bertz CT molecular complexity index is 743. The second-order valence-corrected chi connectivity index (χ2v) is 6.37. The molecule has 0 bridgehead atoms. The van der Waals surface area contributed by atoms with Crippen molar-refractivity contribution in [2.24, 2.45) is 0 Å². The molecular formula is C18H16NOP. The summed E-state index contributed by atoms with van der Waals surface area (Å²) in [5, 5.41) is 1.87. The van der Waals surface area contributed by atoms with Crippen molar-refractivity contribution in [2.45, 2.75) is 0 Å². The summed E-state index contributed by atoms with van der Waals surface area (Å²) in [6.45, 7) is 0. The maximum Gasteiger partial charge on any atom is 0.0883 e. The molecule has 104 valence electrons. The molecule has 3 rings (SSSR count). The molecule has 3 N–H and O–H groups in total. The first kappa shape index (κ1) is 13.8. The molecule has 0 saturated carbocycles. The first-order valence-corrected chi connectivity index (χ1v) is 8.05. The Kier molecular flexibility index (Phi) is 4.01. The summed E-state index contributed by atoms with van der Waals surface area (Å²) in [5.74, 6) is 0. The maximum atomic E-state index is 10.7. The predicted molar refractivity (Wildman–Crippen MR) is 91.1 cm³/mol. The van der Waals surface area contributed by atoms with Crippen molar-refractivity contribution in [3.05, 3.63) is 78.9 Å². The first-order valence-electron chi connectivity index (χ1n) is 6.75. The van der Waals surface area contributed by atoms with Gasteiger partial charge in [-0.05, 0) is 11.6 Å². The number of para-hydroxylation sites is 1. The number of hydrogen-bond acceptors (Lipinski definition) is 2. The molecule has 0 saturated heterocycles. The van der Waals surface area contributed by atoms with Gasteiger partial charge in [0.05, 0.1) is 8.15 Å². The highest BCUT2D eigenvalue weighted by Gasteiger charge is 2.16. The predicted octanol–water partition coefficient (Wildman–Crippen LogP) is 3.28. The molecule has 0 aliphatic rings. The lowest BCUT2D eigenvalue weighted by Crippen LogP contribution is -2.13. The summed E-state index contributed by atoms with van der Waals surface area (Å²) < 4.78 is 0. The van der Waals surface area contributed by atoms with E-state index in [0.717, 1.165) is 27.4 Å². The molecule has 2 nitrogen and oxygen atoms in total. The Labute approximate surface area is 125 Å². The minimum atomic E-state index is -1.38. The van der Waals surface area contributed by atoms with E-state index in [4.69, 9.17) is 5.73 Å². The van der Waals surface area contributed by atoms with Gasteiger partial charge < -0.3 is 10.6 Å². The van der Waals surface area contributed by atoms with Crippen LogP contribution in [-0.4, -0.2) is 4.89 Å². The maximum absolute atomic E-state index is 10.7. The van der Waals surface area contributed by atoms with Crippen molar-refractivity contribution < 1.29 is 4.89 Å². The molecule has 0 spiro atoms. The normalized spacial score (nSPS) is 12.0. The zero-order valence-electron chi connectivity index (χ0n) is 11.5. The van der Waals surface area contributed by atoms with Crippen molar-refractivity contribution >= 4 is 24.4 Å². The fourth-order valence-electron chi connectivity index (χ4n) is 2.34. The van der Waals surface area contributed by atoms with Crippen molar-refractivity contribution in [3.63, 3.8) is 0 Å². The quantitative estimate of drug-likeness (QED) is 0.575. The van der Waals surface area contributed by atoms with E-state index in [1.54, 1.807) is 0 Å². The standard InChI is InChI=1S/C18H16NOP/c19-17-12-6-4-10-15(17)16-11-5-7-13-18(16)21(20)14-8-2-1-3-9-14/h1-13,20H,19H2. The fraction of sp³-hybridized carbons (Fsp3) is 0. The van der Waals surface area contributed by atoms with Crippen LogP contribution in [0.4, 0.5) is 5.69 Å². The van der Waals surface area contributed by atoms with Crippen LogP contribution < -0.4 is 16.3 Å². The summed E-state index contributed by atoms with van der Waals surface area (Å²) in [6.07, 6.45) is 0. The molecule has 0 aliphatic heterocycles. The third-order valence-electron chi connectivity index (χ3n) is 3.38. The van der Waals surface area contributed by atoms with Crippen LogP contribution in [-0.2, 0) is 0 Å². The zero-order valence-corrected chi connectivity index (χ0v) is 12.4. The first-order chi connectivity index (χ1) is 10.3. The van der Waals surface area contributed by atoms with Crippen LogP contribution >= 0.6 is 8.15 Å². The molecule has 0 radical (unpaired) electrons. The number of nitrogens with two attached hydrogens (primary N) is 1. The van der Waals surface area contributed by atoms with Crippen LogP contribution in [0.3, 0.4) is 0 Å². The number of benzene rings is 3. The second-order valence-electron chi connectivity index (χ2n) is 4.75. The van der Waals surface area contributed by atoms with Gasteiger partial charge in [0.1, 0.15) is 0 Å². The molecule has 3 aromatic rings. The highest BCUT2D eigenvalue weighted by atomic mass is 31.1. The average molecular weight is 293 g/mol. The fourth-order valence-corrected chi connectivity index (χ4v) is 3.72. The molecule has 3 aromatic carbocycles. The van der Waals surface area contributed by atoms with Gasteiger partial charge >= 0.3 is 0 Å². The number of hydrogen-bond donors (Lipinski definition) is 2. The Balaban J connectivity index is 2.11. The van der Waals surface area contributed by atoms with Gasteiger partial charge in [0.25, 0.3) is 0 Å². The summed E-state index contributed by atoms with van der Waals surface area (Å²) in [4.78, 5) is 10.7.